The molecule has 8 heteroatoms. The predicted molar refractivity (Wildman–Crippen MR) is 90.4 cm³/mol. The van der Waals surface area contributed by atoms with Gasteiger partial charge in [0.15, 0.2) is 5.13 Å². The smallest absolute Gasteiger partial charge is 0.257 e. The number of thiazole rings is 1. The summed E-state index contributed by atoms with van der Waals surface area (Å²) in [6.45, 7) is 2.26. The van der Waals surface area contributed by atoms with Crippen molar-refractivity contribution in [2.75, 3.05) is 5.32 Å². The number of fused-ring (bicyclic) bond motifs is 1. The van der Waals surface area contributed by atoms with Crippen LogP contribution in [0.4, 0.5) is 5.13 Å². The molecule has 2 heterocycles. The van der Waals surface area contributed by atoms with Crippen LogP contribution in [-0.2, 0) is 12.8 Å². The van der Waals surface area contributed by atoms with Crippen molar-refractivity contribution in [1.82, 2.24) is 25.2 Å². The van der Waals surface area contributed by atoms with Crippen LogP contribution in [0.2, 0.25) is 0 Å². The highest BCUT2D eigenvalue weighted by atomic mass is 32.1. The van der Waals surface area contributed by atoms with Crippen molar-refractivity contribution >= 4 is 22.4 Å². The molecule has 3 aromatic rings. The van der Waals surface area contributed by atoms with E-state index in [0.717, 1.165) is 24.2 Å². The van der Waals surface area contributed by atoms with Gasteiger partial charge in [0.1, 0.15) is 6.33 Å². The Morgan fingerprint density at radius 1 is 1.33 bits per heavy atom. The lowest BCUT2D eigenvalue weighted by Gasteiger charge is -2.15. The fraction of sp³-hybridized carbons (Fsp3) is 0.312. The molecule has 4 rings (SSSR count). The fourth-order valence-corrected chi connectivity index (χ4v) is 3.97. The van der Waals surface area contributed by atoms with E-state index in [0.29, 0.717) is 16.6 Å². The zero-order valence-corrected chi connectivity index (χ0v) is 14.0. The standard InChI is InChI=1S/C16H16N6OS/c1-10-2-7-13-14(8-10)24-16(18-13)19-15(23)11-3-5-12(6-4-11)22-9-17-20-21-22/h3-6,9-10H,2,7-8H2,1H3,(H,18,19,23). The van der Waals surface area contributed by atoms with Crippen molar-refractivity contribution in [2.45, 2.75) is 26.2 Å². The van der Waals surface area contributed by atoms with Gasteiger partial charge in [0.2, 0.25) is 0 Å². The second kappa shape index (κ2) is 6.12. The number of amides is 1. The number of nitrogens with one attached hydrogen (secondary N) is 1. The van der Waals surface area contributed by atoms with Crippen LogP contribution in [0.25, 0.3) is 5.69 Å². The van der Waals surface area contributed by atoms with Crippen molar-refractivity contribution < 1.29 is 4.79 Å². The highest BCUT2D eigenvalue weighted by molar-refractivity contribution is 7.15. The summed E-state index contributed by atoms with van der Waals surface area (Å²) in [7, 11) is 0. The summed E-state index contributed by atoms with van der Waals surface area (Å²) >= 11 is 1.59. The van der Waals surface area contributed by atoms with Crippen LogP contribution in [-0.4, -0.2) is 31.1 Å². The van der Waals surface area contributed by atoms with Gasteiger partial charge in [-0.2, -0.15) is 0 Å². The molecule has 0 spiro atoms. The molecule has 0 saturated heterocycles. The second-order valence-electron chi connectivity index (χ2n) is 5.99. The molecule has 1 unspecified atom stereocenters. The molecule has 1 aliphatic rings. The van der Waals surface area contributed by atoms with E-state index in [2.05, 4.69) is 32.7 Å². The van der Waals surface area contributed by atoms with Gasteiger partial charge in [-0.15, -0.1) is 16.4 Å². The molecule has 2 aromatic heterocycles. The lowest BCUT2D eigenvalue weighted by Crippen LogP contribution is -2.12. The summed E-state index contributed by atoms with van der Waals surface area (Å²) in [6, 6.07) is 7.11. The minimum atomic E-state index is -0.155. The molecular formula is C16H16N6OS. The van der Waals surface area contributed by atoms with E-state index in [1.807, 2.05) is 0 Å². The molecule has 1 aromatic carbocycles. The van der Waals surface area contributed by atoms with Gasteiger partial charge < -0.3 is 0 Å². The van der Waals surface area contributed by atoms with Crippen LogP contribution in [0.15, 0.2) is 30.6 Å². The minimum Gasteiger partial charge on any atom is -0.298 e. The molecule has 1 N–H and O–H groups in total. The largest absolute Gasteiger partial charge is 0.298 e. The van der Waals surface area contributed by atoms with E-state index in [9.17, 15) is 4.79 Å². The molecule has 122 valence electrons. The van der Waals surface area contributed by atoms with Crippen molar-refractivity contribution in [3.05, 3.63) is 46.7 Å². The second-order valence-corrected chi connectivity index (χ2v) is 7.08. The van der Waals surface area contributed by atoms with Gasteiger partial charge in [0, 0.05) is 10.4 Å². The molecular weight excluding hydrogens is 324 g/mol. The topological polar surface area (TPSA) is 85.6 Å². The molecule has 1 amide bonds. The summed E-state index contributed by atoms with van der Waals surface area (Å²) in [4.78, 5) is 18.3. The number of benzene rings is 1. The summed E-state index contributed by atoms with van der Waals surface area (Å²) in [5.41, 5.74) is 2.52. The number of hydrogen-bond acceptors (Lipinski definition) is 6. The summed E-state index contributed by atoms with van der Waals surface area (Å²) < 4.78 is 1.54. The molecule has 24 heavy (non-hydrogen) atoms. The maximum Gasteiger partial charge on any atom is 0.257 e. The number of aromatic nitrogens is 5. The lowest BCUT2D eigenvalue weighted by molar-refractivity contribution is 0.102. The van der Waals surface area contributed by atoms with Crippen molar-refractivity contribution in [3.63, 3.8) is 0 Å². The first kappa shape index (κ1) is 14.9. The van der Waals surface area contributed by atoms with Crippen LogP contribution in [0, 0.1) is 5.92 Å². The molecule has 1 aliphatic carbocycles. The van der Waals surface area contributed by atoms with E-state index >= 15 is 0 Å². The van der Waals surface area contributed by atoms with Gasteiger partial charge in [0.05, 0.1) is 11.4 Å². The number of anilines is 1. The van der Waals surface area contributed by atoms with Gasteiger partial charge in [0.25, 0.3) is 5.91 Å². The molecule has 0 aliphatic heterocycles. The van der Waals surface area contributed by atoms with Crippen LogP contribution in [0.5, 0.6) is 0 Å². The molecule has 1 atom stereocenters. The Labute approximate surface area is 142 Å². The maximum absolute atomic E-state index is 12.4. The van der Waals surface area contributed by atoms with Gasteiger partial charge in [-0.3, -0.25) is 10.1 Å². The van der Waals surface area contributed by atoms with Crippen LogP contribution in [0.3, 0.4) is 0 Å². The number of hydrogen-bond donors (Lipinski definition) is 1. The van der Waals surface area contributed by atoms with E-state index < -0.39 is 0 Å². The van der Waals surface area contributed by atoms with E-state index in [-0.39, 0.29) is 5.91 Å². The average molecular weight is 340 g/mol. The number of carbonyl (C=O) groups is 1. The zero-order chi connectivity index (χ0) is 16.5. The van der Waals surface area contributed by atoms with Crippen molar-refractivity contribution in [3.8, 4) is 5.69 Å². The molecule has 7 nitrogen and oxygen atoms in total. The normalized spacial score (nSPS) is 16.6. The number of nitrogens with zero attached hydrogens (tertiary/aromatic N) is 5. The highest BCUT2D eigenvalue weighted by Gasteiger charge is 2.20. The first-order valence-electron chi connectivity index (χ1n) is 7.82. The minimum absolute atomic E-state index is 0.155. The Morgan fingerprint density at radius 2 is 2.17 bits per heavy atom. The van der Waals surface area contributed by atoms with Gasteiger partial charge in [-0.05, 0) is 59.9 Å². The van der Waals surface area contributed by atoms with Crippen molar-refractivity contribution in [1.29, 1.82) is 0 Å². The maximum atomic E-state index is 12.4. The molecule has 0 radical (unpaired) electrons. The average Bonchev–Trinajstić information content (AvgIpc) is 3.23. The number of tetrazole rings is 1. The SMILES string of the molecule is CC1CCc2nc(NC(=O)c3ccc(-n4cnnn4)cc3)sc2C1. The number of rotatable bonds is 3. The predicted octanol–water partition coefficient (Wildman–Crippen LogP) is 2.50. The number of aryl methyl sites for hydroxylation is 1. The van der Waals surface area contributed by atoms with Crippen molar-refractivity contribution in [2.24, 2.45) is 5.92 Å². The quantitative estimate of drug-likeness (QED) is 0.792. The third kappa shape index (κ3) is 2.92. The third-order valence-electron chi connectivity index (χ3n) is 4.15. The van der Waals surface area contributed by atoms with Gasteiger partial charge >= 0.3 is 0 Å². The monoisotopic (exact) mass is 340 g/mol. The Kier molecular flexibility index (Phi) is 3.81. The Bertz CT molecular complexity index is 855. The summed E-state index contributed by atoms with van der Waals surface area (Å²) in [5.74, 6) is 0.540. The van der Waals surface area contributed by atoms with Gasteiger partial charge in [-0.25, -0.2) is 9.67 Å². The first-order chi connectivity index (χ1) is 11.7. The lowest BCUT2D eigenvalue weighted by atomic mass is 9.93. The molecule has 0 bridgehead atoms. The van der Waals surface area contributed by atoms with E-state index in [1.165, 1.54) is 22.3 Å². The Hall–Kier alpha value is -2.61. The van der Waals surface area contributed by atoms with Gasteiger partial charge in [-0.1, -0.05) is 6.92 Å². The van der Waals surface area contributed by atoms with Crippen LogP contribution >= 0.6 is 11.3 Å². The zero-order valence-electron chi connectivity index (χ0n) is 13.1. The fourth-order valence-electron chi connectivity index (χ4n) is 2.81. The Morgan fingerprint density at radius 3 is 2.92 bits per heavy atom. The molecule has 0 saturated carbocycles. The summed E-state index contributed by atoms with van der Waals surface area (Å²) in [5, 5.41) is 14.6. The highest BCUT2D eigenvalue weighted by Crippen LogP contribution is 2.32. The summed E-state index contributed by atoms with van der Waals surface area (Å²) in [6.07, 6.45) is 4.74. The first-order valence-corrected chi connectivity index (χ1v) is 8.64. The van der Waals surface area contributed by atoms with Crippen LogP contribution in [0.1, 0.15) is 34.3 Å². The third-order valence-corrected chi connectivity index (χ3v) is 5.18. The van der Waals surface area contributed by atoms with Crippen LogP contribution < -0.4 is 5.32 Å². The Balaban J connectivity index is 1.48. The number of carbonyl (C=O) groups excluding carboxylic acids is 1. The van der Waals surface area contributed by atoms with E-state index in [4.69, 9.17) is 0 Å². The molecule has 0 fully saturated rings. The van der Waals surface area contributed by atoms with E-state index in [1.54, 1.807) is 35.6 Å².